The normalized spacial score (nSPS) is 11.9. The van der Waals surface area contributed by atoms with Gasteiger partial charge in [-0.15, -0.1) is 0 Å². The molecular weight excluding hydrogens is 412 g/mol. The Morgan fingerprint density at radius 3 is 2.34 bits per heavy atom. The maximum Gasteiger partial charge on any atom is 0.163 e. The van der Waals surface area contributed by atoms with Crippen LogP contribution < -0.4 is 14.8 Å². The minimum absolute atomic E-state index is 0.175. The fraction of sp³-hybridized carbons (Fsp3) is 0.217. The van der Waals surface area contributed by atoms with E-state index in [4.69, 9.17) is 32.7 Å². The number of benzene rings is 3. The van der Waals surface area contributed by atoms with E-state index in [9.17, 15) is 4.39 Å². The lowest BCUT2D eigenvalue weighted by atomic mass is 10.1. The maximum absolute atomic E-state index is 13.2. The molecule has 0 saturated carbocycles. The van der Waals surface area contributed by atoms with Gasteiger partial charge in [0.05, 0.1) is 12.1 Å². The summed E-state index contributed by atoms with van der Waals surface area (Å²) in [6.07, 6.45) is 0. The van der Waals surface area contributed by atoms with Crippen LogP contribution in [0.25, 0.3) is 0 Å². The first-order valence-electron chi connectivity index (χ1n) is 9.19. The lowest BCUT2D eigenvalue weighted by Crippen LogP contribution is -2.18. The summed E-state index contributed by atoms with van der Waals surface area (Å²) in [7, 11) is 1.57. The van der Waals surface area contributed by atoms with Gasteiger partial charge in [0.1, 0.15) is 12.4 Å². The summed E-state index contributed by atoms with van der Waals surface area (Å²) in [5.74, 6) is 0.676. The molecule has 3 rings (SSSR count). The molecule has 0 aliphatic heterocycles. The van der Waals surface area contributed by atoms with Crippen LogP contribution in [0, 0.1) is 5.82 Å². The van der Waals surface area contributed by atoms with Crippen LogP contribution in [0.5, 0.6) is 11.5 Å². The van der Waals surface area contributed by atoms with Crippen LogP contribution in [0.1, 0.15) is 29.7 Å². The van der Waals surface area contributed by atoms with Crippen LogP contribution >= 0.6 is 23.2 Å². The summed E-state index contributed by atoms with van der Waals surface area (Å²) in [6, 6.07) is 18.1. The Balaban J connectivity index is 1.70. The van der Waals surface area contributed by atoms with Crippen molar-refractivity contribution in [1.82, 2.24) is 5.32 Å². The van der Waals surface area contributed by atoms with Gasteiger partial charge in [0.25, 0.3) is 0 Å². The molecule has 0 aliphatic carbocycles. The van der Waals surface area contributed by atoms with Gasteiger partial charge in [-0.25, -0.2) is 4.39 Å². The van der Waals surface area contributed by atoms with Crippen molar-refractivity contribution in [2.45, 2.75) is 26.1 Å². The average Bonchev–Trinajstić information content (AvgIpc) is 2.72. The van der Waals surface area contributed by atoms with Crippen molar-refractivity contribution < 1.29 is 13.9 Å². The molecule has 152 valence electrons. The zero-order valence-corrected chi connectivity index (χ0v) is 17.7. The van der Waals surface area contributed by atoms with Crippen molar-refractivity contribution in [3.63, 3.8) is 0 Å². The minimum Gasteiger partial charge on any atom is -0.493 e. The fourth-order valence-electron chi connectivity index (χ4n) is 2.90. The summed E-state index contributed by atoms with van der Waals surface area (Å²) in [4.78, 5) is 0. The fourth-order valence-corrected chi connectivity index (χ4v) is 3.34. The quantitative estimate of drug-likeness (QED) is 0.435. The van der Waals surface area contributed by atoms with Crippen LogP contribution in [0.2, 0.25) is 10.0 Å². The Bertz CT molecular complexity index is 967. The minimum atomic E-state index is -0.388. The second-order valence-electron chi connectivity index (χ2n) is 6.63. The van der Waals surface area contributed by atoms with Gasteiger partial charge in [-0.2, -0.15) is 0 Å². The Morgan fingerprint density at radius 2 is 1.66 bits per heavy atom. The first-order valence-corrected chi connectivity index (χ1v) is 9.95. The summed E-state index contributed by atoms with van der Waals surface area (Å²) < 4.78 is 24.5. The highest BCUT2D eigenvalue weighted by Gasteiger charge is 2.13. The average molecular weight is 434 g/mol. The molecule has 1 N–H and O–H groups in total. The van der Waals surface area contributed by atoms with Crippen molar-refractivity contribution in [3.8, 4) is 11.5 Å². The maximum atomic E-state index is 13.2. The van der Waals surface area contributed by atoms with Gasteiger partial charge >= 0.3 is 0 Å². The first-order chi connectivity index (χ1) is 14.0. The number of hydrogen-bond acceptors (Lipinski definition) is 3. The molecule has 0 aliphatic rings. The highest BCUT2D eigenvalue weighted by atomic mass is 35.5. The molecule has 29 heavy (non-hydrogen) atoms. The Hall–Kier alpha value is -2.27. The summed E-state index contributed by atoms with van der Waals surface area (Å²) in [5, 5.41) is 4.34. The molecule has 0 saturated heterocycles. The van der Waals surface area contributed by atoms with E-state index in [1.807, 2.05) is 24.3 Å². The van der Waals surface area contributed by atoms with E-state index in [1.165, 1.54) is 17.7 Å². The molecule has 3 nitrogen and oxygen atoms in total. The van der Waals surface area contributed by atoms with Gasteiger partial charge in [-0.05, 0) is 36.2 Å². The molecule has 1 atom stereocenters. The molecule has 0 amide bonds. The van der Waals surface area contributed by atoms with E-state index in [-0.39, 0.29) is 18.5 Å². The number of ether oxygens (including phenoxy) is 2. The second-order valence-corrected chi connectivity index (χ2v) is 7.45. The third kappa shape index (κ3) is 5.63. The van der Waals surface area contributed by atoms with E-state index >= 15 is 0 Å². The topological polar surface area (TPSA) is 30.5 Å². The highest BCUT2D eigenvalue weighted by molar-refractivity contribution is 6.31. The molecule has 0 radical (unpaired) electrons. The number of methoxy groups -OCH3 is 1. The van der Waals surface area contributed by atoms with Gasteiger partial charge < -0.3 is 14.8 Å². The van der Waals surface area contributed by atoms with Crippen molar-refractivity contribution in [2.75, 3.05) is 7.11 Å². The Morgan fingerprint density at radius 1 is 0.931 bits per heavy atom. The third-order valence-electron chi connectivity index (χ3n) is 4.63. The predicted octanol–water partition coefficient (Wildman–Crippen LogP) is 6.57. The molecule has 0 aromatic heterocycles. The van der Waals surface area contributed by atoms with Gasteiger partial charge in [0, 0.05) is 29.2 Å². The lowest BCUT2D eigenvalue weighted by Gasteiger charge is -2.17. The number of hydrogen-bond donors (Lipinski definition) is 1. The summed E-state index contributed by atoms with van der Waals surface area (Å²) >= 11 is 12.5. The lowest BCUT2D eigenvalue weighted by molar-refractivity contribution is 0.284. The number of nitrogens with one attached hydrogen (secondary N) is 1. The summed E-state index contributed by atoms with van der Waals surface area (Å²) in [5.41, 5.74) is 2.78. The second kappa shape index (κ2) is 9.97. The van der Waals surface area contributed by atoms with Crippen LogP contribution in [0.3, 0.4) is 0 Å². The number of halogens is 3. The smallest absolute Gasteiger partial charge is 0.163 e. The third-order valence-corrected chi connectivity index (χ3v) is 5.33. The van der Waals surface area contributed by atoms with E-state index in [0.717, 1.165) is 5.56 Å². The van der Waals surface area contributed by atoms with Crippen LogP contribution in [0.4, 0.5) is 4.39 Å². The molecule has 0 bridgehead atoms. The molecule has 1 unspecified atom stereocenters. The zero-order chi connectivity index (χ0) is 20.8. The summed E-state index contributed by atoms with van der Waals surface area (Å²) in [6.45, 7) is 2.86. The first kappa shape index (κ1) is 21.4. The van der Waals surface area contributed by atoms with Gasteiger partial charge in [0.15, 0.2) is 11.5 Å². The SMILES string of the molecule is COc1cc(CNC(C)c2ccccc2)c(Cl)cc1OCc1ccc(F)cc1Cl. The van der Waals surface area contributed by atoms with Crippen molar-refractivity contribution in [3.05, 3.63) is 93.2 Å². The van der Waals surface area contributed by atoms with E-state index < -0.39 is 0 Å². The van der Waals surface area contributed by atoms with Crippen molar-refractivity contribution in [1.29, 1.82) is 0 Å². The zero-order valence-electron chi connectivity index (χ0n) is 16.2. The largest absolute Gasteiger partial charge is 0.493 e. The Labute approximate surface area is 180 Å². The number of rotatable bonds is 8. The molecule has 3 aromatic carbocycles. The molecule has 0 fully saturated rings. The van der Waals surface area contributed by atoms with Gasteiger partial charge in [-0.1, -0.05) is 59.6 Å². The van der Waals surface area contributed by atoms with E-state index in [1.54, 1.807) is 19.2 Å². The van der Waals surface area contributed by atoms with Gasteiger partial charge in [0.2, 0.25) is 0 Å². The monoisotopic (exact) mass is 433 g/mol. The molecular formula is C23H22Cl2FNO2. The van der Waals surface area contributed by atoms with Crippen molar-refractivity contribution >= 4 is 23.2 Å². The standard InChI is InChI=1S/C23H22Cl2FNO2/c1-15(16-6-4-3-5-7-16)27-13-18-10-22(28-2)23(12-21(18)25)29-14-17-8-9-19(26)11-20(17)24/h3-12,15,27H,13-14H2,1-2H3. The van der Waals surface area contributed by atoms with E-state index in [0.29, 0.717) is 33.7 Å². The molecule has 0 spiro atoms. The van der Waals surface area contributed by atoms with E-state index in [2.05, 4.69) is 24.4 Å². The molecule has 6 heteroatoms. The predicted molar refractivity (Wildman–Crippen MR) is 115 cm³/mol. The Kier molecular flexibility index (Phi) is 7.37. The molecule has 0 heterocycles. The highest BCUT2D eigenvalue weighted by Crippen LogP contribution is 2.34. The van der Waals surface area contributed by atoms with Crippen LogP contribution in [-0.2, 0) is 13.2 Å². The van der Waals surface area contributed by atoms with Crippen molar-refractivity contribution in [2.24, 2.45) is 0 Å². The van der Waals surface area contributed by atoms with Crippen LogP contribution in [-0.4, -0.2) is 7.11 Å². The molecule has 3 aromatic rings. The van der Waals surface area contributed by atoms with Gasteiger partial charge in [-0.3, -0.25) is 0 Å². The van der Waals surface area contributed by atoms with Crippen LogP contribution in [0.15, 0.2) is 60.7 Å².